The quantitative estimate of drug-likeness (QED) is 0.149. The van der Waals surface area contributed by atoms with E-state index in [1.165, 1.54) is 0 Å². The maximum absolute atomic E-state index is 11.9. The van der Waals surface area contributed by atoms with E-state index in [4.69, 9.17) is 0 Å². The van der Waals surface area contributed by atoms with Crippen molar-refractivity contribution in [3.05, 3.63) is 156 Å². The molecule has 4 heteroatoms. The first-order chi connectivity index (χ1) is 25.2. The van der Waals surface area contributed by atoms with Crippen LogP contribution in [0.4, 0.5) is 0 Å². The molecule has 8 rings (SSSR count). The molecule has 52 heavy (non-hydrogen) atoms. The molecule has 8 aromatic carbocycles. The number of rotatable bonds is 9. The Balaban J connectivity index is 1.04. The molecule has 0 heterocycles. The molecule has 0 aliphatic heterocycles. The van der Waals surface area contributed by atoms with Crippen LogP contribution in [0.2, 0.25) is 0 Å². The van der Waals surface area contributed by atoms with Crippen molar-refractivity contribution >= 4 is 43.1 Å². The van der Waals surface area contributed by atoms with Crippen molar-refractivity contribution in [3.8, 4) is 33.8 Å². The lowest BCUT2D eigenvalue weighted by molar-refractivity contribution is 0.244. The Morgan fingerprint density at radius 3 is 1.06 bits per heavy atom. The molecule has 0 aromatic heterocycles. The lowest BCUT2D eigenvalue weighted by Crippen LogP contribution is -2.30. The van der Waals surface area contributed by atoms with Crippen LogP contribution in [0, 0.1) is 13.8 Å². The number of phenolic OH excluding ortho intramolecular Hbond substituents is 2. The Bertz CT molecular complexity index is 2330. The Labute approximate surface area is 305 Å². The summed E-state index contributed by atoms with van der Waals surface area (Å²) >= 11 is 0. The Morgan fingerprint density at radius 2 is 0.731 bits per heavy atom. The molecule has 0 unspecified atom stereocenters. The predicted octanol–water partition coefficient (Wildman–Crippen LogP) is 11.2. The van der Waals surface area contributed by atoms with Crippen molar-refractivity contribution in [1.29, 1.82) is 0 Å². The summed E-state index contributed by atoms with van der Waals surface area (Å²) in [6.45, 7) is 7.04. The van der Waals surface area contributed by atoms with E-state index >= 15 is 0 Å². The number of likely N-dealkylation sites (N-methyl/N-ethyl adjacent to an activating group) is 2. The van der Waals surface area contributed by atoms with Crippen LogP contribution in [-0.2, 0) is 13.1 Å². The van der Waals surface area contributed by atoms with Gasteiger partial charge in [-0.3, -0.25) is 0 Å². The van der Waals surface area contributed by atoms with E-state index in [0.29, 0.717) is 24.6 Å². The third-order valence-electron chi connectivity index (χ3n) is 10.5. The highest BCUT2D eigenvalue weighted by atomic mass is 16.3. The van der Waals surface area contributed by atoms with Crippen molar-refractivity contribution in [3.63, 3.8) is 0 Å². The zero-order valence-electron chi connectivity index (χ0n) is 30.3. The number of benzene rings is 8. The van der Waals surface area contributed by atoms with Crippen molar-refractivity contribution in [2.24, 2.45) is 0 Å². The van der Waals surface area contributed by atoms with Crippen molar-refractivity contribution < 1.29 is 10.2 Å². The van der Waals surface area contributed by atoms with Gasteiger partial charge in [0.2, 0.25) is 0 Å². The Morgan fingerprint density at radius 1 is 0.423 bits per heavy atom. The molecule has 0 bridgehead atoms. The Hall–Kier alpha value is -5.68. The van der Waals surface area contributed by atoms with Crippen molar-refractivity contribution in [2.75, 3.05) is 27.2 Å². The third-order valence-corrected chi connectivity index (χ3v) is 10.5. The lowest BCUT2D eigenvalue weighted by atomic mass is 9.89. The maximum atomic E-state index is 11.9. The lowest BCUT2D eigenvalue weighted by Gasteiger charge is -2.24. The van der Waals surface area contributed by atoms with E-state index < -0.39 is 0 Å². The second-order valence-corrected chi connectivity index (χ2v) is 14.5. The molecule has 0 aliphatic rings. The predicted molar refractivity (Wildman–Crippen MR) is 219 cm³/mol. The number of aryl methyl sites for hydroxylation is 2. The summed E-state index contributed by atoms with van der Waals surface area (Å²) in [5.74, 6) is 0.677. The van der Waals surface area contributed by atoms with E-state index in [9.17, 15) is 10.2 Å². The summed E-state index contributed by atoms with van der Waals surface area (Å²) in [5, 5.41) is 32.9. The first kappa shape index (κ1) is 33.5. The molecule has 0 fully saturated rings. The number of aromatic hydroxyl groups is 2. The van der Waals surface area contributed by atoms with Crippen LogP contribution in [0.1, 0.15) is 22.3 Å². The summed E-state index contributed by atoms with van der Waals surface area (Å²) in [7, 11) is 4.22. The number of phenols is 2. The zero-order chi connectivity index (χ0) is 35.9. The maximum Gasteiger partial charge on any atom is 0.127 e. The minimum absolute atomic E-state index is 0.338. The third kappa shape index (κ3) is 6.25. The second-order valence-electron chi connectivity index (χ2n) is 14.5. The summed E-state index contributed by atoms with van der Waals surface area (Å²) < 4.78 is 0. The van der Waals surface area contributed by atoms with Gasteiger partial charge in [-0.25, -0.2) is 0 Å². The van der Waals surface area contributed by atoms with Crippen LogP contribution in [-0.4, -0.2) is 47.2 Å². The molecular weight excluding hydrogens is 637 g/mol. The Kier molecular flexibility index (Phi) is 8.88. The molecule has 0 saturated heterocycles. The van der Waals surface area contributed by atoms with Gasteiger partial charge in [0, 0.05) is 59.6 Å². The highest BCUT2D eigenvalue weighted by Crippen LogP contribution is 2.44. The molecule has 0 spiro atoms. The topological polar surface area (TPSA) is 46.9 Å². The molecule has 0 aliphatic carbocycles. The first-order valence-electron chi connectivity index (χ1n) is 18.1. The van der Waals surface area contributed by atoms with E-state index in [0.717, 1.165) is 101 Å². The van der Waals surface area contributed by atoms with Crippen LogP contribution in [0.25, 0.3) is 65.3 Å². The molecule has 8 aromatic rings. The second kappa shape index (κ2) is 13.8. The molecule has 4 nitrogen and oxygen atoms in total. The van der Waals surface area contributed by atoms with Gasteiger partial charge >= 0.3 is 0 Å². The number of fused-ring (bicyclic) bond motifs is 4. The van der Waals surface area contributed by atoms with Crippen LogP contribution >= 0.6 is 0 Å². The van der Waals surface area contributed by atoms with Gasteiger partial charge in [0.15, 0.2) is 0 Å². The normalized spacial score (nSPS) is 11.9. The fourth-order valence-electron chi connectivity index (χ4n) is 8.02. The first-order valence-corrected chi connectivity index (χ1v) is 18.1. The minimum atomic E-state index is 0.338. The van der Waals surface area contributed by atoms with E-state index in [2.05, 4.69) is 171 Å². The molecule has 0 atom stereocenters. The summed E-state index contributed by atoms with van der Waals surface area (Å²) in [6, 6.07) is 46.7. The molecule has 258 valence electrons. The van der Waals surface area contributed by atoms with Gasteiger partial charge in [0.25, 0.3) is 0 Å². The van der Waals surface area contributed by atoms with Crippen LogP contribution in [0.5, 0.6) is 11.5 Å². The molecular formula is C48H44N2O2. The van der Waals surface area contributed by atoms with Crippen molar-refractivity contribution in [1.82, 2.24) is 9.80 Å². The minimum Gasteiger partial charge on any atom is -0.507 e. The van der Waals surface area contributed by atoms with Gasteiger partial charge in [-0.1, -0.05) is 109 Å². The molecule has 0 radical (unpaired) electrons. The highest BCUT2D eigenvalue weighted by molar-refractivity contribution is 6.14. The standard InChI is InChI=1S/C48H44N2O2/c1-31-23-37(47(51)43(25-31)45-39-17-9-5-13-33(39)27-34-14-6-10-18-40(34)45)29-49(3)21-22-50(4)30-38-24-32(2)26-44(48(38)52)46-41-19-11-7-15-35(41)28-36-16-8-12-20-42(36)46/h5-20,23-28,51-52H,21-22,29-30H2,1-4H3. The van der Waals surface area contributed by atoms with Gasteiger partial charge < -0.3 is 20.0 Å². The molecule has 0 saturated carbocycles. The average Bonchev–Trinajstić information content (AvgIpc) is 3.15. The largest absolute Gasteiger partial charge is 0.507 e. The SMILES string of the molecule is Cc1cc(CN(C)CCN(C)Cc2cc(C)cc(-c3c4ccccc4cc4ccccc34)c2O)c(O)c(-c2c3ccccc3cc3ccccc23)c1. The van der Waals surface area contributed by atoms with E-state index in [1.54, 1.807) is 0 Å². The summed E-state index contributed by atoms with van der Waals surface area (Å²) in [6.07, 6.45) is 0. The summed E-state index contributed by atoms with van der Waals surface area (Å²) in [5.41, 5.74) is 7.97. The van der Waals surface area contributed by atoms with Crippen LogP contribution < -0.4 is 0 Å². The van der Waals surface area contributed by atoms with E-state index in [1.807, 2.05) is 0 Å². The van der Waals surface area contributed by atoms with Gasteiger partial charge in [-0.05, 0) is 106 Å². The highest BCUT2D eigenvalue weighted by Gasteiger charge is 2.20. The van der Waals surface area contributed by atoms with Gasteiger partial charge in [0.1, 0.15) is 11.5 Å². The average molecular weight is 681 g/mol. The molecule has 2 N–H and O–H groups in total. The molecule has 0 amide bonds. The number of hydrogen-bond donors (Lipinski definition) is 2. The summed E-state index contributed by atoms with van der Waals surface area (Å²) in [4.78, 5) is 4.53. The smallest absolute Gasteiger partial charge is 0.127 e. The van der Waals surface area contributed by atoms with Gasteiger partial charge in [-0.15, -0.1) is 0 Å². The fraction of sp³-hybridized carbons (Fsp3) is 0.167. The van der Waals surface area contributed by atoms with E-state index in [-0.39, 0.29) is 0 Å². The fourth-order valence-corrected chi connectivity index (χ4v) is 8.02. The van der Waals surface area contributed by atoms with Crippen LogP contribution in [0.3, 0.4) is 0 Å². The van der Waals surface area contributed by atoms with Crippen LogP contribution in [0.15, 0.2) is 133 Å². The monoisotopic (exact) mass is 680 g/mol. The number of hydrogen-bond acceptors (Lipinski definition) is 4. The van der Waals surface area contributed by atoms with Gasteiger partial charge in [-0.2, -0.15) is 0 Å². The zero-order valence-corrected chi connectivity index (χ0v) is 30.3. The van der Waals surface area contributed by atoms with Crippen molar-refractivity contribution in [2.45, 2.75) is 26.9 Å². The van der Waals surface area contributed by atoms with Gasteiger partial charge in [0.05, 0.1) is 0 Å². The number of nitrogens with zero attached hydrogens (tertiary/aromatic N) is 2.